The molecule has 5 nitrogen and oxygen atoms in total. The molecule has 26 heavy (non-hydrogen) atoms. The Morgan fingerprint density at radius 3 is 2.81 bits per heavy atom. The SMILES string of the molecule is CN(c1ccncn1)C1CC2(CCN(C(=O)CCc3ccccc3)C2)C1. The molecule has 1 amide bonds. The van der Waals surface area contributed by atoms with Crippen LogP contribution in [0, 0.1) is 5.41 Å². The lowest BCUT2D eigenvalue weighted by Crippen LogP contribution is -2.51. The molecule has 1 aromatic carbocycles. The summed E-state index contributed by atoms with van der Waals surface area (Å²) in [4.78, 5) is 25.3. The smallest absolute Gasteiger partial charge is 0.222 e. The quantitative estimate of drug-likeness (QED) is 0.832. The number of nitrogens with zero attached hydrogens (tertiary/aromatic N) is 4. The average Bonchev–Trinajstić information content (AvgIpc) is 3.12. The average molecular weight is 350 g/mol. The third-order valence-electron chi connectivity index (χ3n) is 6.07. The van der Waals surface area contributed by atoms with Gasteiger partial charge in [-0.3, -0.25) is 4.79 Å². The number of hydrogen-bond acceptors (Lipinski definition) is 4. The number of aromatic nitrogens is 2. The fraction of sp³-hybridized carbons (Fsp3) is 0.476. The van der Waals surface area contributed by atoms with Crippen LogP contribution in [-0.2, 0) is 11.2 Å². The maximum Gasteiger partial charge on any atom is 0.222 e. The van der Waals surface area contributed by atoms with E-state index in [1.54, 1.807) is 12.5 Å². The Balaban J connectivity index is 1.27. The largest absolute Gasteiger partial charge is 0.357 e. The molecule has 2 aliphatic rings. The van der Waals surface area contributed by atoms with Gasteiger partial charge in [-0.15, -0.1) is 0 Å². The Kier molecular flexibility index (Phi) is 4.62. The van der Waals surface area contributed by atoms with E-state index in [9.17, 15) is 4.79 Å². The number of aryl methyl sites for hydroxylation is 1. The maximum atomic E-state index is 12.6. The molecule has 4 rings (SSSR count). The number of amides is 1. The van der Waals surface area contributed by atoms with E-state index in [-0.39, 0.29) is 0 Å². The minimum Gasteiger partial charge on any atom is -0.357 e. The molecule has 0 atom stereocenters. The molecule has 0 N–H and O–H groups in total. The van der Waals surface area contributed by atoms with Gasteiger partial charge in [-0.1, -0.05) is 30.3 Å². The van der Waals surface area contributed by atoms with Gasteiger partial charge in [0, 0.05) is 38.8 Å². The van der Waals surface area contributed by atoms with Crippen molar-refractivity contribution >= 4 is 11.7 Å². The topological polar surface area (TPSA) is 49.3 Å². The summed E-state index contributed by atoms with van der Waals surface area (Å²) >= 11 is 0. The van der Waals surface area contributed by atoms with Crippen LogP contribution in [0.5, 0.6) is 0 Å². The zero-order chi connectivity index (χ0) is 18.0. The fourth-order valence-corrected chi connectivity index (χ4v) is 4.43. The van der Waals surface area contributed by atoms with Crippen molar-refractivity contribution < 1.29 is 4.79 Å². The van der Waals surface area contributed by atoms with Crippen LogP contribution in [0.4, 0.5) is 5.82 Å². The van der Waals surface area contributed by atoms with Crippen LogP contribution in [0.25, 0.3) is 0 Å². The summed E-state index contributed by atoms with van der Waals surface area (Å²) in [6.45, 7) is 1.84. The first kappa shape index (κ1) is 17.0. The summed E-state index contributed by atoms with van der Waals surface area (Å²) in [5.74, 6) is 1.28. The highest BCUT2D eigenvalue weighted by Gasteiger charge is 2.50. The van der Waals surface area contributed by atoms with Gasteiger partial charge in [-0.25, -0.2) is 9.97 Å². The number of carbonyl (C=O) groups excluding carboxylic acids is 1. The van der Waals surface area contributed by atoms with Crippen LogP contribution in [0.2, 0.25) is 0 Å². The van der Waals surface area contributed by atoms with Crippen LogP contribution < -0.4 is 4.90 Å². The minimum absolute atomic E-state index is 0.304. The normalized spacial score (nSPS) is 24.5. The van der Waals surface area contributed by atoms with E-state index in [0.717, 1.165) is 44.6 Å². The second kappa shape index (κ2) is 7.06. The summed E-state index contributed by atoms with van der Waals surface area (Å²) in [6, 6.07) is 12.8. The molecule has 5 heteroatoms. The van der Waals surface area contributed by atoms with Crippen molar-refractivity contribution in [3.63, 3.8) is 0 Å². The molecule has 0 radical (unpaired) electrons. The van der Waals surface area contributed by atoms with Crippen molar-refractivity contribution in [3.05, 3.63) is 54.5 Å². The maximum absolute atomic E-state index is 12.6. The lowest BCUT2D eigenvalue weighted by molar-refractivity contribution is -0.130. The van der Waals surface area contributed by atoms with Crippen molar-refractivity contribution in [3.8, 4) is 0 Å². The first-order valence-corrected chi connectivity index (χ1v) is 9.46. The second-order valence-electron chi connectivity index (χ2n) is 7.79. The molecule has 1 aromatic heterocycles. The molecule has 1 saturated carbocycles. The zero-order valence-corrected chi connectivity index (χ0v) is 15.3. The predicted octanol–water partition coefficient (Wildman–Crippen LogP) is 2.93. The van der Waals surface area contributed by atoms with E-state index in [1.165, 1.54) is 5.56 Å². The lowest BCUT2D eigenvalue weighted by atomic mass is 9.64. The highest BCUT2D eigenvalue weighted by molar-refractivity contribution is 5.77. The first-order chi connectivity index (χ1) is 12.7. The zero-order valence-electron chi connectivity index (χ0n) is 15.3. The molecule has 2 heterocycles. The lowest BCUT2D eigenvalue weighted by Gasteiger charge is -2.49. The fourth-order valence-electron chi connectivity index (χ4n) is 4.43. The Labute approximate surface area is 155 Å². The molecule has 2 fully saturated rings. The Morgan fingerprint density at radius 1 is 1.27 bits per heavy atom. The van der Waals surface area contributed by atoms with Gasteiger partial charge < -0.3 is 9.80 Å². The van der Waals surface area contributed by atoms with Gasteiger partial charge in [0.2, 0.25) is 5.91 Å². The standard InChI is InChI=1S/C21H26N4O/c1-24(19-9-11-22-16-23-19)18-13-21(14-18)10-12-25(15-21)20(26)8-7-17-5-3-2-4-6-17/h2-6,9,11,16,18H,7-8,10,12-15H2,1H3. The number of hydrogen-bond donors (Lipinski definition) is 0. The summed E-state index contributed by atoms with van der Waals surface area (Å²) in [5, 5.41) is 0. The summed E-state index contributed by atoms with van der Waals surface area (Å²) in [5.41, 5.74) is 1.57. The molecule has 0 unspecified atom stereocenters. The Hall–Kier alpha value is -2.43. The van der Waals surface area contributed by atoms with E-state index in [0.29, 0.717) is 23.8 Å². The monoisotopic (exact) mass is 350 g/mol. The molecular weight excluding hydrogens is 324 g/mol. The van der Waals surface area contributed by atoms with Crippen molar-refractivity contribution in [2.45, 2.75) is 38.1 Å². The third-order valence-corrected chi connectivity index (χ3v) is 6.07. The van der Waals surface area contributed by atoms with E-state index in [2.05, 4.69) is 38.9 Å². The number of likely N-dealkylation sites (tertiary alicyclic amines) is 1. The molecule has 136 valence electrons. The van der Waals surface area contributed by atoms with Crippen LogP contribution in [0.1, 0.15) is 31.2 Å². The summed E-state index contributed by atoms with van der Waals surface area (Å²) in [7, 11) is 2.11. The van der Waals surface area contributed by atoms with Crippen molar-refractivity contribution in [1.82, 2.24) is 14.9 Å². The van der Waals surface area contributed by atoms with E-state index in [4.69, 9.17) is 0 Å². The summed E-state index contributed by atoms with van der Waals surface area (Å²) in [6.07, 6.45) is 8.27. The summed E-state index contributed by atoms with van der Waals surface area (Å²) < 4.78 is 0. The van der Waals surface area contributed by atoms with Crippen LogP contribution in [0.15, 0.2) is 48.9 Å². The van der Waals surface area contributed by atoms with Crippen LogP contribution in [0.3, 0.4) is 0 Å². The van der Waals surface area contributed by atoms with Gasteiger partial charge in [-0.05, 0) is 42.7 Å². The van der Waals surface area contributed by atoms with E-state index >= 15 is 0 Å². The molecule has 1 aliphatic heterocycles. The molecule has 1 saturated heterocycles. The number of rotatable bonds is 5. The molecule has 0 bridgehead atoms. The van der Waals surface area contributed by atoms with Crippen molar-refractivity contribution in [2.75, 3.05) is 25.0 Å². The number of anilines is 1. The van der Waals surface area contributed by atoms with Gasteiger partial charge in [-0.2, -0.15) is 0 Å². The van der Waals surface area contributed by atoms with Gasteiger partial charge in [0.15, 0.2) is 0 Å². The Bertz CT molecular complexity index is 743. The predicted molar refractivity (Wildman–Crippen MR) is 102 cm³/mol. The van der Waals surface area contributed by atoms with Crippen molar-refractivity contribution in [1.29, 1.82) is 0 Å². The van der Waals surface area contributed by atoms with Gasteiger partial charge in [0.05, 0.1) is 0 Å². The Morgan fingerprint density at radius 2 is 2.08 bits per heavy atom. The van der Waals surface area contributed by atoms with E-state index < -0.39 is 0 Å². The highest BCUT2D eigenvalue weighted by Crippen LogP contribution is 2.50. The third kappa shape index (κ3) is 3.43. The highest BCUT2D eigenvalue weighted by atomic mass is 16.2. The van der Waals surface area contributed by atoms with Gasteiger partial charge in [0.25, 0.3) is 0 Å². The molecular formula is C21H26N4O. The number of benzene rings is 1. The minimum atomic E-state index is 0.304. The van der Waals surface area contributed by atoms with Crippen LogP contribution in [-0.4, -0.2) is 47.0 Å². The van der Waals surface area contributed by atoms with Gasteiger partial charge in [0.1, 0.15) is 12.1 Å². The van der Waals surface area contributed by atoms with Crippen molar-refractivity contribution in [2.24, 2.45) is 5.41 Å². The van der Waals surface area contributed by atoms with Crippen LogP contribution >= 0.6 is 0 Å². The second-order valence-corrected chi connectivity index (χ2v) is 7.79. The molecule has 1 aliphatic carbocycles. The van der Waals surface area contributed by atoms with Gasteiger partial charge >= 0.3 is 0 Å². The molecule has 1 spiro atoms. The first-order valence-electron chi connectivity index (χ1n) is 9.46. The number of carbonyl (C=O) groups is 1. The van der Waals surface area contributed by atoms with E-state index in [1.807, 2.05) is 24.3 Å². The molecule has 2 aromatic rings.